The Kier molecular flexibility index (Phi) is 2.67. The Morgan fingerprint density at radius 1 is 1.17 bits per heavy atom. The molecule has 0 aromatic heterocycles. The number of benzene rings is 2. The number of carbonyl (C=O) groups is 1. The molecule has 0 saturated heterocycles. The number of ketones is 1. The van der Waals surface area contributed by atoms with Gasteiger partial charge in [0.25, 0.3) is 0 Å². The van der Waals surface area contributed by atoms with E-state index in [4.69, 9.17) is 11.6 Å². The second-order valence-electron chi connectivity index (χ2n) is 4.44. The van der Waals surface area contributed by atoms with Crippen molar-refractivity contribution in [2.75, 3.05) is 0 Å². The fourth-order valence-electron chi connectivity index (χ4n) is 2.49. The number of hydrogen-bond donors (Lipinski definition) is 0. The van der Waals surface area contributed by atoms with E-state index in [0.717, 1.165) is 16.7 Å². The van der Waals surface area contributed by atoms with Crippen LogP contribution in [0.25, 0.3) is 0 Å². The van der Waals surface area contributed by atoms with E-state index in [1.165, 1.54) is 6.07 Å². The minimum absolute atomic E-state index is 0.00759. The third-order valence-corrected chi connectivity index (χ3v) is 3.66. The van der Waals surface area contributed by atoms with Gasteiger partial charge in [0.05, 0.1) is 5.02 Å². The number of halogens is 2. The zero-order valence-corrected chi connectivity index (χ0v) is 10.2. The number of hydrogen-bond acceptors (Lipinski definition) is 1. The summed E-state index contributed by atoms with van der Waals surface area (Å²) in [4.78, 5) is 11.9. The molecule has 0 bridgehead atoms. The molecule has 0 radical (unpaired) electrons. The lowest BCUT2D eigenvalue weighted by Gasteiger charge is -2.11. The quantitative estimate of drug-likeness (QED) is 0.751. The first kappa shape index (κ1) is 11.4. The lowest BCUT2D eigenvalue weighted by Crippen LogP contribution is -1.97. The molecule has 18 heavy (non-hydrogen) atoms. The van der Waals surface area contributed by atoms with E-state index in [9.17, 15) is 9.18 Å². The summed E-state index contributed by atoms with van der Waals surface area (Å²) in [5, 5.41) is 0.101. The Hall–Kier alpha value is -1.67. The summed E-state index contributed by atoms with van der Waals surface area (Å²) < 4.78 is 13.2. The van der Waals surface area contributed by atoms with Crippen molar-refractivity contribution in [3.05, 3.63) is 70.0 Å². The van der Waals surface area contributed by atoms with Gasteiger partial charge in [-0.1, -0.05) is 41.9 Å². The Bertz CT molecular complexity index is 636. The van der Waals surface area contributed by atoms with Gasteiger partial charge < -0.3 is 0 Å². The molecule has 0 spiro atoms. The van der Waals surface area contributed by atoms with Crippen molar-refractivity contribution >= 4 is 17.4 Å². The fourth-order valence-corrected chi connectivity index (χ4v) is 2.68. The highest BCUT2D eigenvalue weighted by atomic mass is 35.5. The van der Waals surface area contributed by atoms with E-state index >= 15 is 0 Å². The van der Waals surface area contributed by atoms with Crippen molar-refractivity contribution in [2.45, 2.75) is 12.3 Å². The van der Waals surface area contributed by atoms with Crippen LogP contribution >= 0.6 is 11.6 Å². The molecule has 0 N–H and O–H groups in total. The Balaban J connectivity index is 2.09. The molecule has 0 aliphatic heterocycles. The first-order valence-electron chi connectivity index (χ1n) is 5.74. The van der Waals surface area contributed by atoms with Crippen LogP contribution in [0.5, 0.6) is 0 Å². The van der Waals surface area contributed by atoms with Crippen LogP contribution in [0.2, 0.25) is 5.02 Å². The van der Waals surface area contributed by atoms with Crippen LogP contribution < -0.4 is 0 Å². The molecule has 0 amide bonds. The summed E-state index contributed by atoms with van der Waals surface area (Å²) in [6.45, 7) is 0. The second-order valence-corrected chi connectivity index (χ2v) is 4.85. The maximum absolute atomic E-state index is 13.2. The van der Waals surface area contributed by atoms with Gasteiger partial charge in [-0.3, -0.25) is 4.79 Å². The van der Waals surface area contributed by atoms with E-state index < -0.39 is 5.82 Å². The summed E-state index contributed by atoms with van der Waals surface area (Å²) in [6.07, 6.45) is 0.432. The summed E-state index contributed by atoms with van der Waals surface area (Å²) in [5.74, 6) is -0.305. The number of Topliss-reactive ketones (excluding diaryl/α,β-unsaturated/α-hetero) is 1. The molecule has 90 valence electrons. The van der Waals surface area contributed by atoms with Crippen molar-refractivity contribution < 1.29 is 9.18 Å². The molecule has 1 aliphatic carbocycles. The van der Waals surface area contributed by atoms with Gasteiger partial charge in [0.2, 0.25) is 0 Å². The van der Waals surface area contributed by atoms with Gasteiger partial charge in [-0.05, 0) is 23.3 Å². The van der Waals surface area contributed by atoms with Gasteiger partial charge in [0, 0.05) is 17.9 Å². The third-order valence-electron chi connectivity index (χ3n) is 3.37. The van der Waals surface area contributed by atoms with Gasteiger partial charge in [-0.25, -0.2) is 4.39 Å². The molecule has 0 unspecified atom stereocenters. The monoisotopic (exact) mass is 260 g/mol. The van der Waals surface area contributed by atoms with Crippen LogP contribution in [0.1, 0.15) is 33.8 Å². The molecular weight excluding hydrogens is 251 g/mol. The zero-order valence-electron chi connectivity index (χ0n) is 9.49. The van der Waals surface area contributed by atoms with Crippen LogP contribution in [-0.2, 0) is 0 Å². The smallest absolute Gasteiger partial charge is 0.164 e. The van der Waals surface area contributed by atoms with E-state index in [0.29, 0.717) is 6.42 Å². The minimum atomic E-state index is -0.432. The number of rotatable bonds is 1. The third kappa shape index (κ3) is 1.73. The van der Waals surface area contributed by atoms with Crippen LogP contribution in [-0.4, -0.2) is 5.78 Å². The summed E-state index contributed by atoms with van der Waals surface area (Å²) in [5.41, 5.74) is 2.66. The highest BCUT2D eigenvalue weighted by Gasteiger charge is 2.30. The first-order valence-corrected chi connectivity index (χ1v) is 6.11. The summed E-state index contributed by atoms with van der Waals surface area (Å²) in [6, 6.07) is 12.2. The van der Waals surface area contributed by atoms with Crippen LogP contribution in [0.15, 0.2) is 42.5 Å². The average molecular weight is 261 g/mol. The Morgan fingerprint density at radius 2 is 1.94 bits per heavy atom. The van der Waals surface area contributed by atoms with Crippen LogP contribution in [0, 0.1) is 5.82 Å². The van der Waals surface area contributed by atoms with Gasteiger partial charge in [0.15, 0.2) is 5.78 Å². The predicted octanol–water partition coefficient (Wildman–Crippen LogP) is 4.20. The SMILES string of the molecule is O=C1C[C@H](c2ccc(F)c(Cl)c2)c2ccccc21. The molecule has 0 saturated carbocycles. The maximum atomic E-state index is 13.2. The zero-order chi connectivity index (χ0) is 12.7. The van der Waals surface area contributed by atoms with Crippen molar-refractivity contribution in [3.8, 4) is 0 Å². The molecule has 1 atom stereocenters. The molecule has 1 aliphatic rings. The standard InChI is InChI=1S/C15H10ClFO/c16-13-7-9(5-6-14(13)17)12-8-15(18)11-4-2-1-3-10(11)12/h1-7,12H,8H2/t12-/m1/s1. The van der Waals surface area contributed by atoms with Gasteiger partial charge in [-0.2, -0.15) is 0 Å². The van der Waals surface area contributed by atoms with Gasteiger partial charge in [0.1, 0.15) is 5.82 Å². The number of fused-ring (bicyclic) bond motifs is 1. The summed E-state index contributed by atoms with van der Waals surface area (Å²) >= 11 is 5.80. The van der Waals surface area contributed by atoms with Crippen LogP contribution in [0.4, 0.5) is 4.39 Å². The molecular formula is C15H10ClFO. The van der Waals surface area contributed by atoms with Gasteiger partial charge >= 0.3 is 0 Å². The second kappa shape index (κ2) is 4.21. The molecule has 2 aromatic rings. The van der Waals surface area contributed by atoms with Crippen molar-refractivity contribution in [1.29, 1.82) is 0 Å². The lowest BCUT2D eigenvalue weighted by molar-refractivity contribution is 0.0991. The van der Waals surface area contributed by atoms with E-state index in [-0.39, 0.29) is 16.7 Å². The Labute approximate surface area is 109 Å². The van der Waals surface area contributed by atoms with E-state index in [2.05, 4.69) is 0 Å². The van der Waals surface area contributed by atoms with Crippen molar-refractivity contribution in [3.63, 3.8) is 0 Å². The van der Waals surface area contributed by atoms with Crippen molar-refractivity contribution in [1.82, 2.24) is 0 Å². The molecule has 1 nitrogen and oxygen atoms in total. The number of carbonyl (C=O) groups excluding carboxylic acids is 1. The van der Waals surface area contributed by atoms with Gasteiger partial charge in [-0.15, -0.1) is 0 Å². The minimum Gasteiger partial charge on any atom is -0.294 e. The average Bonchev–Trinajstić information content (AvgIpc) is 2.71. The van der Waals surface area contributed by atoms with Crippen molar-refractivity contribution in [2.24, 2.45) is 0 Å². The molecule has 2 aromatic carbocycles. The topological polar surface area (TPSA) is 17.1 Å². The summed E-state index contributed by atoms with van der Waals surface area (Å²) in [7, 11) is 0. The fraction of sp³-hybridized carbons (Fsp3) is 0.133. The molecule has 3 heteroatoms. The highest BCUT2D eigenvalue weighted by Crippen LogP contribution is 2.38. The molecule has 0 fully saturated rings. The molecule has 0 heterocycles. The predicted molar refractivity (Wildman–Crippen MR) is 68.6 cm³/mol. The highest BCUT2D eigenvalue weighted by molar-refractivity contribution is 6.30. The Morgan fingerprint density at radius 3 is 2.72 bits per heavy atom. The van der Waals surface area contributed by atoms with E-state index in [1.807, 2.05) is 24.3 Å². The van der Waals surface area contributed by atoms with E-state index in [1.54, 1.807) is 12.1 Å². The first-order chi connectivity index (χ1) is 8.66. The lowest BCUT2D eigenvalue weighted by atomic mass is 9.93. The largest absolute Gasteiger partial charge is 0.294 e. The molecule has 3 rings (SSSR count). The maximum Gasteiger partial charge on any atom is 0.164 e. The normalized spacial score (nSPS) is 17.9. The van der Waals surface area contributed by atoms with Crippen LogP contribution in [0.3, 0.4) is 0 Å².